The minimum atomic E-state index is 0. The Balaban J connectivity index is 0.00000144. The molecule has 0 N–H and O–H groups in total. The SMILES string of the molecule is Cc1cc[n+](C)c(SCc2ccccn2)c1.[Cl-]. The van der Waals surface area contributed by atoms with E-state index in [0.29, 0.717) is 0 Å². The molecule has 0 unspecified atom stereocenters. The minimum absolute atomic E-state index is 0. The van der Waals surface area contributed by atoms with Gasteiger partial charge >= 0.3 is 0 Å². The molecule has 2 rings (SSSR count). The van der Waals surface area contributed by atoms with Crippen molar-refractivity contribution in [2.45, 2.75) is 17.7 Å². The summed E-state index contributed by atoms with van der Waals surface area (Å²) in [4.78, 5) is 4.32. The van der Waals surface area contributed by atoms with E-state index in [1.165, 1.54) is 10.6 Å². The van der Waals surface area contributed by atoms with Crippen molar-refractivity contribution in [1.29, 1.82) is 0 Å². The van der Waals surface area contributed by atoms with E-state index in [1.54, 1.807) is 0 Å². The van der Waals surface area contributed by atoms with Gasteiger partial charge in [-0.2, -0.15) is 4.57 Å². The van der Waals surface area contributed by atoms with Gasteiger partial charge in [0.05, 0.1) is 5.69 Å². The molecule has 0 spiro atoms. The Bertz CT molecular complexity index is 474. The lowest BCUT2D eigenvalue weighted by Crippen LogP contribution is -3.00. The fraction of sp³-hybridized carbons (Fsp3) is 0.231. The average Bonchev–Trinajstić information content (AvgIpc) is 2.32. The van der Waals surface area contributed by atoms with E-state index in [9.17, 15) is 0 Å². The quantitative estimate of drug-likeness (QED) is 0.551. The molecule has 0 amide bonds. The van der Waals surface area contributed by atoms with Crippen LogP contribution in [0.4, 0.5) is 0 Å². The molecule has 0 saturated carbocycles. The van der Waals surface area contributed by atoms with Gasteiger partial charge in [-0.05, 0) is 24.6 Å². The molecule has 0 aliphatic rings. The zero-order valence-corrected chi connectivity index (χ0v) is 11.5. The highest BCUT2D eigenvalue weighted by Gasteiger charge is 2.07. The van der Waals surface area contributed by atoms with E-state index in [1.807, 2.05) is 30.1 Å². The summed E-state index contributed by atoms with van der Waals surface area (Å²) >= 11 is 1.81. The molecule has 2 aromatic heterocycles. The molecule has 2 aromatic rings. The van der Waals surface area contributed by atoms with Crippen LogP contribution < -0.4 is 17.0 Å². The summed E-state index contributed by atoms with van der Waals surface area (Å²) in [7, 11) is 2.07. The third-order valence-electron chi connectivity index (χ3n) is 2.35. The van der Waals surface area contributed by atoms with Gasteiger partial charge in [0.1, 0.15) is 7.05 Å². The summed E-state index contributed by atoms with van der Waals surface area (Å²) in [6.07, 6.45) is 3.93. The van der Waals surface area contributed by atoms with Crippen LogP contribution >= 0.6 is 11.8 Å². The van der Waals surface area contributed by atoms with Crippen LogP contribution in [0.2, 0.25) is 0 Å². The lowest BCUT2D eigenvalue weighted by molar-refractivity contribution is -0.708. The smallest absolute Gasteiger partial charge is 0.240 e. The lowest BCUT2D eigenvalue weighted by Gasteiger charge is -2.00. The number of aromatic nitrogens is 2. The first kappa shape index (κ1) is 14.0. The normalized spacial score (nSPS) is 9.76. The van der Waals surface area contributed by atoms with E-state index in [2.05, 4.69) is 47.9 Å². The van der Waals surface area contributed by atoms with E-state index >= 15 is 0 Å². The second-order valence-corrected chi connectivity index (χ2v) is 4.76. The van der Waals surface area contributed by atoms with Crippen LogP contribution in [0.5, 0.6) is 0 Å². The Morgan fingerprint density at radius 2 is 2.12 bits per heavy atom. The summed E-state index contributed by atoms with van der Waals surface area (Å²) in [6.45, 7) is 2.12. The van der Waals surface area contributed by atoms with Gasteiger partial charge in [0, 0.05) is 24.1 Å². The maximum Gasteiger partial charge on any atom is 0.240 e. The van der Waals surface area contributed by atoms with Crippen molar-refractivity contribution < 1.29 is 17.0 Å². The van der Waals surface area contributed by atoms with Gasteiger partial charge in [-0.3, -0.25) is 4.98 Å². The first-order valence-electron chi connectivity index (χ1n) is 5.25. The average molecular weight is 267 g/mol. The maximum atomic E-state index is 4.32. The number of halogens is 1. The molecule has 0 bridgehead atoms. The molecule has 0 radical (unpaired) electrons. The molecular weight excluding hydrogens is 252 g/mol. The monoisotopic (exact) mass is 266 g/mol. The fourth-order valence-corrected chi connectivity index (χ4v) is 2.42. The molecule has 0 aliphatic heterocycles. The summed E-state index contributed by atoms with van der Waals surface area (Å²) in [5.41, 5.74) is 2.41. The summed E-state index contributed by atoms with van der Waals surface area (Å²) in [6, 6.07) is 10.3. The van der Waals surface area contributed by atoms with Crippen molar-refractivity contribution >= 4 is 11.8 Å². The second-order valence-electron chi connectivity index (χ2n) is 3.76. The molecule has 0 fully saturated rings. The summed E-state index contributed by atoms with van der Waals surface area (Å²) in [5.74, 6) is 0.915. The van der Waals surface area contributed by atoms with Crippen molar-refractivity contribution in [3.8, 4) is 0 Å². The van der Waals surface area contributed by atoms with Crippen molar-refractivity contribution in [1.82, 2.24) is 4.98 Å². The highest BCUT2D eigenvalue weighted by molar-refractivity contribution is 7.98. The van der Waals surface area contributed by atoms with Crippen molar-refractivity contribution in [2.24, 2.45) is 7.05 Å². The van der Waals surface area contributed by atoms with E-state index in [4.69, 9.17) is 0 Å². The Morgan fingerprint density at radius 3 is 2.82 bits per heavy atom. The third-order valence-corrected chi connectivity index (χ3v) is 3.50. The number of pyridine rings is 2. The Labute approximate surface area is 113 Å². The zero-order chi connectivity index (χ0) is 11.4. The van der Waals surface area contributed by atoms with E-state index in [0.717, 1.165) is 11.4 Å². The largest absolute Gasteiger partial charge is 1.00 e. The molecule has 2 nitrogen and oxygen atoms in total. The van der Waals surface area contributed by atoms with Crippen molar-refractivity contribution in [2.75, 3.05) is 0 Å². The molecule has 2 heterocycles. The first-order valence-corrected chi connectivity index (χ1v) is 6.23. The molecule has 0 aliphatic carbocycles. The van der Waals surface area contributed by atoms with Gasteiger partial charge in [-0.1, -0.05) is 17.8 Å². The van der Waals surface area contributed by atoms with Crippen LogP contribution in [-0.4, -0.2) is 4.98 Å². The van der Waals surface area contributed by atoms with Gasteiger partial charge in [0.25, 0.3) is 0 Å². The molecule has 4 heteroatoms. The van der Waals surface area contributed by atoms with Gasteiger partial charge < -0.3 is 12.4 Å². The van der Waals surface area contributed by atoms with Crippen LogP contribution in [0.15, 0.2) is 47.8 Å². The number of aryl methyl sites for hydroxylation is 2. The summed E-state index contributed by atoms with van der Waals surface area (Å²) in [5, 5.41) is 1.27. The third kappa shape index (κ3) is 4.02. The molecule has 17 heavy (non-hydrogen) atoms. The molecular formula is C13H15ClN2S. The predicted molar refractivity (Wildman–Crippen MR) is 66.2 cm³/mol. The van der Waals surface area contributed by atoms with Crippen LogP contribution in [0, 0.1) is 6.92 Å². The maximum absolute atomic E-state index is 4.32. The van der Waals surface area contributed by atoms with Gasteiger partial charge in [-0.25, -0.2) is 0 Å². The Morgan fingerprint density at radius 1 is 1.29 bits per heavy atom. The predicted octanol–water partition coefficient (Wildman–Crippen LogP) is -0.489. The number of nitrogens with zero attached hydrogens (tertiary/aromatic N) is 2. The lowest BCUT2D eigenvalue weighted by atomic mass is 10.3. The fourth-order valence-electron chi connectivity index (χ4n) is 1.42. The van der Waals surface area contributed by atoms with Crippen molar-refractivity contribution in [3.63, 3.8) is 0 Å². The topological polar surface area (TPSA) is 16.8 Å². The van der Waals surface area contributed by atoms with Gasteiger partial charge in [0.2, 0.25) is 5.03 Å². The Kier molecular flexibility index (Phi) is 5.45. The van der Waals surface area contributed by atoms with Crippen LogP contribution in [0.3, 0.4) is 0 Å². The number of hydrogen-bond acceptors (Lipinski definition) is 2. The van der Waals surface area contributed by atoms with E-state index in [-0.39, 0.29) is 12.4 Å². The number of thioether (sulfide) groups is 1. The van der Waals surface area contributed by atoms with Crippen molar-refractivity contribution in [3.05, 3.63) is 54.0 Å². The molecule has 0 saturated heterocycles. The molecule has 0 atom stereocenters. The van der Waals surface area contributed by atoms with Gasteiger partial charge in [-0.15, -0.1) is 0 Å². The van der Waals surface area contributed by atoms with Gasteiger partial charge in [0.15, 0.2) is 6.20 Å². The highest BCUT2D eigenvalue weighted by Crippen LogP contribution is 2.18. The summed E-state index contributed by atoms with van der Waals surface area (Å²) < 4.78 is 2.14. The second kappa shape index (κ2) is 6.62. The standard InChI is InChI=1S/C13H15N2S.ClH/c1-11-6-8-15(2)13(9-11)16-10-12-5-3-4-7-14-12;/h3-9H,10H2,1-2H3;1H/q+1;/p-1. The molecule has 0 aromatic carbocycles. The van der Waals surface area contributed by atoms with Crippen LogP contribution in [-0.2, 0) is 12.8 Å². The zero-order valence-electron chi connectivity index (χ0n) is 9.93. The molecule has 90 valence electrons. The van der Waals surface area contributed by atoms with Crippen LogP contribution in [0.1, 0.15) is 11.3 Å². The number of hydrogen-bond donors (Lipinski definition) is 0. The Hall–Kier alpha value is -1.06. The van der Waals surface area contributed by atoms with Crippen LogP contribution in [0.25, 0.3) is 0 Å². The highest BCUT2D eigenvalue weighted by atomic mass is 35.5. The minimum Gasteiger partial charge on any atom is -1.00 e. The number of rotatable bonds is 3. The first-order chi connectivity index (χ1) is 7.75. The van der Waals surface area contributed by atoms with E-state index < -0.39 is 0 Å².